The van der Waals surface area contributed by atoms with Gasteiger partial charge < -0.3 is 8.83 Å². The Morgan fingerprint density at radius 1 is 0.594 bits per heavy atom. The standard InChI is InChI=1S/C29H20NO2/c1-17-11-13-22-21-14-12-18-7-3-4-8-19(18)27(21)32-28(22)25(17)26-29-23(15-16-30(26)2)20-9-5-6-10-24(20)31-29/h3-16H,1-2H3/q+1. The summed E-state index contributed by atoms with van der Waals surface area (Å²) in [5.41, 5.74) is 6.89. The minimum absolute atomic E-state index is 0.886. The van der Waals surface area contributed by atoms with Crippen LogP contribution in [-0.4, -0.2) is 0 Å². The Morgan fingerprint density at radius 3 is 2.22 bits per heavy atom. The minimum atomic E-state index is 0.886. The van der Waals surface area contributed by atoms with Crippen molar-refractivity contribution in [3.8, 4) is 11.3 Å². The number of rotatable bonds is 1. The van der Waals surface area contributed by atoms with Crippen molar-refractivity contribution in [1.29, 1.82) is 0 Å². The second kappa shape index (κ2) is 6.21. The third-order valence-corrected chi connectivity index (χ3v) is 6.64. The van der Waals surface area contributed by atoms with E-state index < -0.39 is 0 Å². The van der Waals surface area contributed by atoms with Crippen LogP contribution in [-0.2, 0) is 7.05 Å². The van der Waals surface area contributed by atoms with Crippen LogP contribution in [0.4, 0.5) is 0 Å². The van der Waals surface area contributed by atoms with Gasteiger partial charge in [-0.15, -0.1) is 0 Å². The van der Waals surface area contributed by atoms with E-state index in [0.717, 1.165) is 66.1 Å². The number of benzene rings is 4. The Bertz CT molecular complexity index is 1850. The van der Waals surface area contributed by atoms with Crippen molar-refractivity contribution in [2.45, 2.75) is 6.92 Å². The van der Waals surface area contributed by atoms with Gasteiger partial charge in [0.05, 0.1) is 5.56 Å². The molecule has 0 N–H and O–H groups in total. The van der Waals surface area contributed by atoms with Gasteiger partial charge in [-0.05, 0) is 30.0 Å². The van der Waals surface area contributed by atoms with E-state index in [0.29, 0.717) is 0 Å². The van der Waals surface area contributed by atoms with E-state index in [1.165, 1.54) is 5.39 Å². The number of nitrogens with zero attached hydrogens (tertiary/aromatic N) is 1. The smallest absolute Gasteiger partial charge is 0.260 e. The van der Waals surface area contributed by atoms with Crippen molar-refractivity contribution in [3.05, 3.63) is 90.6 Å². The number of furan rings is 2. The molecule has 7 rings (SSSR count). The highest BCUT2D eigenvalue weighted by Crippen LogP contribution is 2.42. The molecule has 0 saturated heterocycles. The zero-order chi connectivity index (χ0) is 21.4. The zero-order valence-electron chi connectivity index (χ0n) is 17.8. The van der Waals surface area contributed by atoms with Gasteiger partial charge in [-0.1, -0.05) is 60.7 Å². The molecule has 0 atom stereocenters. The molecule has 0 saturated carbocycles. The van der Waals surface area contributed by atoms with E-state index in [-0.39, 0.29) is 0 Å². The van der Waals surface area contributed by atoms with E-state index in [1.807, 2.05) is 12.1 Å². The molecule has 4 aromatic carbocycles. The molecule has 3 heteroatoms. The average Bonchev–Trinajstić information content (AvgIpc) is 3.38. The summed E-state index contributed by atoms with van der Waals surface area (Å²) in [7, 11) is 2.07. The highest BCUT2D eigenvalue weighted by atomic mass is 16.3. The number of para-hydroxylation sites is 1. The lowest BCUT2D eigenvalue weighted by Crippen LogP contribution is -2.30. The highest BCUT2D eigenvalue weighted by Gasteiger charge is 2.26. The third kappa shape index (κ3) is 2.23. The monoisotopic (exact) mass is 414 g/mol. The second-order valence-corrected chi connectivity index (χ2v) is 8.52. The van der Waals surface area contributed by atoms with Crippen molar-refractivity contribution < 1.29 is 13.4 Å². The molecular weight excluding hydrogens is 394 g/mol. The molecule has 0 aliphatic rings. The second-order valence-electron chi connectivity index (χ2n) is 8.52. The summed E-state index contributed by atoms with van der Waals surface area (Å²) < 4.78 is 15.2. The van der Waals surface area contributed by atoms with E-state index in [9.17, 15) is 0 Å². The summed E-state index contributed by atoms with van der Waals surface area (Å²) in [5, 5.41) is 6.83. The average molecular weight is 414 g/mol. The Kier molecular flexibility index (Phi) is 3.41. The van der Waals surface area contributed by atoms with Gasteiger partial charge in [0, 0.05) is 33.0 Å². The molecule has 0 amide bonds. The van der Waals surface area contributed by atoms with Gasteiger partial charge in [-0.3, -0.25) is 0 Å². The predicted molar refractivity (Wildman–Crippen MR) is 130 cm³/mol. The molecule has 7 aromatic rings. The van der Waals surface area contributed by atoms with Gasteiger partial charge in [0.15, 0.2) is 6.20 Å². The molecule has 3 heterocycles. The molecule has 0 aliphatic carbocycles. The van der Waals surface area contributed by atoms with E-state index in [2.05, 4.69) is 91.5 Å². The molecular formula is C29H20NO2+. The predicted octanol–water partition coefficient (Wildman–Crippen LogP) is 7.44. The first-order valence-electron chi connectivity index (χ1n) is 10.8. The zero-order valence-corrected chi connectivity index (χ0v) is 17.8. The Labute approximate surface area is 184 Å². The van der Waals surface area contributed by atoms with E-state index in [1.54, 1.807) is 0 Å². The lowest BCUT2D eigenvalue weighted by atomic mass is 9.99. The summed E-state index contributed by atoms with van der Waals surface area (Å²) >= 11 is 0. The molecule has 3 nitrogen and oxygen atoms in total. The SMILES string of the molecule is Cc1ccc2c(oc3c4ccccc4ccc23)c1-c1c2oc3ccccc3c2cc[n+]1C. The Morgan fingerprint density at radius 2 is 1.31 bits per heavy atom. The van der Waals surface area contributed by atoms with Gasteiger partial charge >= 0.3 is 0 Å². The molecule has 0 fully saturated rings. The largest absolute Gasteiger partial charge is 0.454 e. The van der Waals surface area contributed by atoms with Gasteiger partial charge in [0.2, 0.25) is 5.58 Å². The van der Waals surface area contributed by atoms with Crippen molar-refractivity contribution in [1.82, 2.24) is 0 Å². The van der Waals surface area contributed by atoms with Crippen molar-refractivity contribution >= 4 is 54.6 Å². The van der Waals surface area contributed by atoms with Crippen molar-refractivity contribution in [2.24, 2.45) is 7.05 Å². The summed E-state index contributed by atoms with van der Waals surface area (Å²) in [5.74, 6) is 0. The summed E-state index contributed by atoms with van der Waals surface area (Å²) in [4.78, 5) is 0. The number of hydrogen-bond acceptors (Lipinski definition) is 2. The van der Waals surface area contributed by atoms with Gasteiger partial charge in [-0.25, -0.2) is 0 Å². The minimum Gasteiger partial charge on any atom is -0.454 e. The molecule has 32 heavy (non-hydrogen) atoms. The molecule has 0 spiro atoms. The molecule has 0 radical (unpaired) electrons. The maximum absolute atomic E-state index is 6.66. The maximum atomic E-state index is 6.66. The van der Waals surface area contributed by atoms with Gasteiger partial charge in [-0.2, -0.15) is 4.57 Å². The van der Waals surface area contributed by atoms with Crippen molar-refractivity contribution in [2.75, 3.05) is 0 Å². The fourth-order valence-electron chi connectivity index (χ4n) is 5.08. The quantitative estimate of drug-likeness (QED) is 0.261. The fraction of sp³-hybridized carbons (Fsp3) is 0.0690. The Hall–Kier alpha value is -4.11. The maximum Gasteiger partial charge on any atom is 0.260 e. The van der Waals surface area contributed by atoms with Crippen LogP contribution >= 0.6 is 0 Å². The highest BCUT2D eigenvalue weighted by molar-refractivity contribution is 6.18. The lowest BCUT2D eigenvalue weighted by molar-refractivity contribution is -0.659. The first-order valence-corrected chi connectivity index (χ1v) is 10.8. The molecule has 0 bridgehead atoms. The topological polar surface area (TPSA) is 30.2 Å². The fourth-order valence-corrected chi connectivity index (χ4v) is 5.08. The number of pyridine rings is 1. The molecule has 3 aromatic heterocycles. The van der Waals surface area contributed by atoms with Crippen LogP contribution in [0, 0.1) is 6.92 Å². The van der Waals surface area contributed by atoms with Crippen LogP contribution in [0.1, 0.15) is 5.56 Å². The number of hydrogen-bond donors (Lipinski definition) is 0. The van der Waals surface area contributed by atoms with Gasteiger partial charge in [0.1, 0.15) is 23.8 Å². The van der Waals surface area contributed by atoms with Crippen LogP contribution in [0.25, 0.3) is 65.9 Å². The number of aryl methyl sites for hydroxylation is 2. The van der Waals surface area contributed by atoms with E-state index in [4.69, 9.17) is 8.83 Å². The van der Waals surface area contributed by atoms with Crippen LogP contribution in [0.5, 0.6) is 0 Å². The number of fused-ring (bicyclic) bond motifs is 8. The van der Waals surface area contributed by atoms with Crippen molar-refractivity contribution in [3.63, 3.8) is 0 Å². The summed E-state index contributed by atoms with van der Waals surface area (Å²) in [6.07, 6.45) is 2.11. The molecule has 0 unspecified atom stereocenters. The van der Waals surface area contributed by atoms with Gasteiger partial charge in [0.25, 0.3) is 5.69 Å². The van der Waals surface area contributed by atoms with Crippen LogP contribution in [0.15, 0.2) is 93.9 Å². The molecule has 0 aliphatic heterocycles. The van der Waals surface area contributed by atoms with Crippen LogP contribution in [0.2, 0.25) is 0 Å². The normalized spacial score (nSPS) is 12.1. The number of aromatic nitrogens is 1. The first kappa shape index (κ1) is 17.6. The first-order chi connectivity index (χ1) is 15.7. The third-order valence-electron chi connectivity index (χ3n) is 6.64. The van der Waals surface area contributed by atoms with Crippen LogP contribution in [0.3, 0.4) is 0 Å². The molecule has 152 valence electrons. The Balaban J connectivity index is 1.67. The summed E-state index contributed by atoms with van der Waals surface area (Å²) in [6, 6.07) is 27.4. The van der Waals surface area contributed by atoms with E-state index >= 15 is 0 Å². The van der Waals surface area contributed by atoms with Crippen LogP contribution < -0.4 is 4.57 Å². The lowest BCUT2D eigenvalue weighted by Gasteiger charge is -2.06. The summed E-state index contributed by atoms with van der Waals surface area (Å²) in [6.45, 7) is 2.14.